The molecule has 0 N–H and O–H groups in total. The van der Waals surface area contributed by atoms with Crippen LogP contribution in [0.3, 0.4) is 0 Å². The van der Waals surface area contributed by atoms with E-state index in [1.54, 1.807) is 19.2 Å². The van der Waals surface area contributed by atoms with E-state index in [0.29, 0.717) is 24.0 Å². The molecule has 3 nitrogen and oxygen atoms in total. The number of methoxy groups -OCH3 is 1. The average molecular weight is 293 g/mol. The molecular weight excluding hydrogens is 269 g/mol. The Balaban J connectivity index is 1.74. The second kappa shape index (κ2) is 7.66. The van der Waals surface area contributed by atoms with Gasteiger partial charge in [0, 0.05) is 25.6 Å². The number of hydrogen-bond donors (Lipinski definition) is 0. The van der Waals surface area contributed by atoms with Gasteiger partial charge in [0.05, 0.1) is 6.10 Å². The lowest BCUT2D eigenvalue weighted by molar-refractivity contribution is -0.00512. The van der Waals surface area contributed by atoms with Gasteiger partial charge in [-0.15, -0.1) is 0 Å². The van der Waals surface area contributed by atoms with Crippen LogP contribution in [0, 0.1) is 11.7 Å². The van der Waals surface area contributed by atoms with Crippen molar-refractivity contribution >= 4 is 5.78 Å². The molecule has 2 atom stereocenters. The van der Waals surface area contributed by atoms with Crippen molar-refractivity contribution in [2.24, 2.45) is 5.92 Å². The van der Waals surface area contributed by atoms with Gasteiger partial charge in [0.15, 0.2) is 5.78 Å². The van der Waals surface area contributed by atoms with Crippen LogP contribution in [0.25, 0.3) is 0 Å². The fourth-order valence-corrected chi connectivity index (χ4v) is 2.85. The van der Waals surface area contributed by atoms with Crippen molar-refractivity contribution in [1.82, 2.24) is 4.90 Å². The average Bonchev–Trinajstić information content (AvgIpc) is 2.49. The number of Topliss-reactive ketones (excluding diaryl/α,β-unsaturated/α-hetero) is 1. The number of ketones is 1. The van der Waals surface area contributed by atoms with Crippen LogP contribution in [-0.2, 0) is 4.74 Å². The molecular formula is C17H24FNO2. The highest BCUT2D eigenvalue weighted by Crippen LogP contribution is 2.19. The number of ether oxygens (including phenoxy) is 1. The first-order chi connectivity index (χ1) is 10.1. The standard InChI is InChI=1S/C17H24FNO2/c1-13-9-11-19(12-17(13)21-2)10-3-4-16(20)14-5-7-15(18)8-6-14/h5-8,13,17H,3-4,9-12H2,1-2H3. The summed E-state index contributed by atoms with van der Waals surface area (Å²) in [5, 5.41) is 0. The third-order valence-corrected chi connectivity index (χ3v) is 4.32. The smallest absolute Gasteiger partial charge is 0.162 e. The number of hydrogen-bond acceptors (Lipinski definition) is 3. The molecule has 1 fully saturated rings. The third-order valence-electron chi connectivity index (χ3n) is 4.32. The molecule has 1 aromatic rings. The van der Waals surface area contributed by atoms with Gasteiger partial charge >= 0.3 is 0 Å². The van der Waals surface area contributed by atoms with Gasteiger partial charge in [-0.2, -0.15) is 0 Å². The van der Waals surface area contributed by atoms with Crippen LogP contribution >= 0.6 is 0 Å². The zero-order chi connectivity index (χ0) is 15.2. The van der Waals surface area contributed by atoms with Gasteiger partial charge in [-0.1, -0.05) is 6.92 Å². The fourth-order valence-electron chi connectivity index (χ4n) is 2.85. The molecule has 2 unspecified atom stereocenters. The quantitative estimate of drug-likeness (QED) is 0.755. The van der Waals surface area contributed by atoms with Crippen LogP contribution in [0.5, 0.6) is 0 Å². The molecule has 2 rings (SSSR count). The van der Waals surface area contributed by atoms with Crippen LogP contribution < -0.4 is 0 Å². The Morgan fingerprint density at radius 2 is 2.10 bits per heavy atom. The van der Waals surface area contributed by atoms with E-state index in [0.717, 1.165) is 32.5 Å². The number of halogens is 1. The van der Waals surface area contributed by atoms with Crippen molar-refractivity contribution in [3.63, 3.8) is 0 Å². The summed E-state index contributed by atoms with van der Waals surface area (Å²) in [6.45, 7) is 5.16. The second-order valence-electron chi connectivity index (χ2n) is 5.87. The SMILES string of the molecule is COC1CN(CCCC(=O)c2ccc(F)cc2)CCC1C. The van der Waals surface area contributed by atoms with Crippen molar-refractivity contribution < 1.29 is 13.9 Å². The highest BCUT2D eigenvalue weighted by Gasteiger charge is 2.25. The van der Waals surface area contributed by atoms with Crippen molar-refractivity contribution in [2.75, 3.05) is 26.7 Å². The zero-order valence-electron chi connectivity index (χ0n) is 12.8. The summed E-state index contributed by atoms with van der Waals surface area (Å²) in [6.07, 6.45) is 2.78. The minimum Gasteiger partial charge on any atom is -0.380 e. The first-order valence-electron chi connectivity index (χ1n) is 7.64. The van der Waals surface area contributed by atoms with Gasteiger partial charge < -0.3 is 9.64 Å². The molecule has 1 aliphatic rings. The molecule has 21 heavy (non-hydrogen) atoms. The predicted molar refractivity (Wildman–Crippen MR) is 81.0 cm³/mol. The summed E-state index contributed by atoms with van der Waals surface area (Å²) in [7, 11) is 1.77. The number of piperidine rings is 1. The monoisotopic (exact) mass is 293 g/mol. The van der Waals surface area contributed by atoms with Crippen LogP contribution in [0.4, 0.5) is 4.39 Å². The molecule has 4 heteroatoms. The van der Waals surface area contributed by atoms with E-state index in [-0.39, 0.29) is 11.6 Å². The van der Waals surface area contributed by atoms with Crippen molar-refractivity contribution in [2.45, 2.75) is 32.3 Å². The summed E-state index contributed by atoms with van der Waals surface area (Å²) in [5.74, 6) is 0.385. The molecule has 1 aliphatic heterocycles. The van der Waals surface area contributed by atoms with E-state index in [1.807, 2.05) is 0 Å². The van der Waals surface area contributed by atoms with Gasteiger partial charge in [-0.05, 0) is 56.1 Å². The Bertz CT molecular complexity index is 460. The normalized spacial score (nSPS) is 23.2. The highest BCUT2D eigenvalue weighted by atomic mass is 19.1. The molecule has 0 radical (unpaired) electrons. The largest absolute Gasteiger partial charge is 0.380 e. The lowest BCUT2D eigenvalue weighted by atomic mass is 9.95. The lowest BCUT2D eigenvalue weighted by Gasteiger charge is -2.36. The Hall–Kier alpha value is -1.26. The molecule has 1 aromatic carbocycles. The Morgan fingerprint density at radius 1 is 1.38 bits per heavy atom. The van der Waals surface area contributed by atoms with Gasteiger partial charge in [0.2, 0.25) is 0 Å². The van der Waals surface area contributed by atoms with Gasteiger partial charge in [-0.3, -0.25) is 4.79 Å². The number of benzene rings is 1. The maximum absolute atomic E-state index is 12.8. The minimum absolute atomic E-state index is 0.0867. The molecule has 0 bridgehead atoms. The molecule has 0 aliphatic carbocycles. The van der Waals surface area contributed by atoms with E-state index in [2.05, 4.69) is 11.8 Å². The van der Waals surface area contributed by atoms with Crippen LogP contribution in [-0.4, -0.2) is 43.5 Å². The van der Waals surface area contributed by atoms with E-state index in [4.69, 9.17) is 4.74 Å². The Morgan fingerprint density at radius 3 is 2.76 bits per heavy atom. The summed E-state index contributed by atoms with van der Waals surface area (Å²) < 4.78 is 18.3. The lowest BCUT2D eigenvalue weighted by Crippen LogP contribution is -2.44. The van der Waals surface area contributed by atoms with E-state index >= 15 is 0 Å². The number of carbonyl (C=O) groups is 1. The van der Waals surface area contributed by atoms with Gasteiger partial charge in [0.1, 0.15) is 5.82 Å². The van der Waals surface area contributed by atoms with Gasteiger partial charge in [0.25, 0.3) is 0 Å². The molecule has 0 aromatic heterocycles. The highest BCUT2D eigenvalue weighted by molar-refractivity contribution is 5.95. The summed E-state index contributed by atoms with van der Waals surface area (Å²) >= 11 is 0. The van der Waals surface area contributed by atoms with Crippen molar-refractivity contribution in [1.29, 1.82) is 0 Å². The van der Waals surface area contributed by atoms with Gasteiger partial charge in [-0.25, -0.2) is 4.39 Å². The molecule has 0 amide bonds. The van der Waals surface area contributed by atoms with Crippen molar-refractivity contribution in [3.8, 4) is 0 Å². The molecule has 0 spiro atoms. The summed E-state index contributed by atoms with van der Waals surface area (Å²) in [5.41, 5.74) is 0.596. The predicted octanol–water partition coefficient (Wildman–Crippen LogP) is 3.15. The first-order valence-corrected chi connectivity index (χ1v) is 7.64. The van der Waals surface area contributed by atoms with E-state index in [9.17, 15) is 9.18 Å². The molecule has 116 valence electrons. The number of carbonyl (C=O) groups excluding carboxylic acids is 1. The minimum atomic E-state index is -0.306. The van der Waals surface area contributed by atoms with Crippen LogP contribution in [0.1, 0.15) is 36.5 Å². The van der Waals surface area contributed by atoms with E-state index < -0.39 is 0 Å². The third kappa shape index (κ3) is 4.61. The van der Waals surface area contributed by atoms with E-state index in [1.165, 1.54) is 12.1 Å². The second-order valence-corrected chi connectivity index (χ2v) is 5.87. The fraction of sp³-hybridized carbons (Fsp3) is 0.588. The zero-order valence-corrected chi connectivity index (χ0v) is 12.8. The van der Waals surface area contributed by atoms with Crippen molar-refractivity contribution in [3.05, 3.63) is 35.6 Å². The van der Waals surface area contributed by atoms with Crippen LogP contribution in [0.2, 0.25) is 0 Å². The summed E-state index contributed by atoms with van der Waals surface area (Å²) in [4.78, 5) is 14.4. The molecule has 1 saturated heterocycles. The number of likely N-dealkylation sites (tertiary alicyclic amines) is 1. The topological polar surface area (TPSA) is 29.5 Å². The number of rotatable bonds is 6. The molecule has 1 heterocycles. The maximum Gasteiger partial charge on any atom is 0.162 e. The molecule has 0 saturated carbocycles. The van der Waals surface area contributed by atoms with Crippen LogP contribution in [0.15, 0.2) is 24.3 Å². The maximum atomic E-state index is 12.8. The Kier molecular flexibility index (Phi) is 5.88. The Labute approximate surface area is 126 Å². The summed E-state index contributed by atoms with van der Waals surface area (Å²) in [6, 6.07) is 5.78. The first kappa shape index (κ1) is 16.1. The number of nitrogens with zero attached hydrogens (tertiary/aromatic N) is 1.